The lowest BCUT2D eigenvalue weighted by Crippen LogP contribution is -2.08. The monoisotopic (exact) mass is 354 g/mol. The molecule has 0 saturated carbocycles. The third-order valence-corrected chi connectivity index (χ3v) is 3.76. The molecule has 0 radical (unpaired) electrons. The fourth-order valence-electron chi connectivity index (χ4n) is 2.40. The molecule has 0 spiro atoms. The highest BCUT2D eigenvalue weighted by atomic mass is 19.2. The van der Waals surface area contributed by atoms with Crippen LogP contribution in [0.15, 0.2) is 66.7 Å². The van der Waals surface area contributed by atoms with Gasteiger partial charge in [-0.2, -0.15) is 0 Å². The van der Waals surface area contributed by atoms with Crippen LogP contribution < -0.4 is 9.47 Å². The zero-order chi connectivity index (χ0) is 18.5. The van der Waals surface area contributed by atoms with Gasteiger partial charge in [0.2, 0.25) is 0 Å². The Labute approximate surface area is 149 Å². The Morgan fingerprint density at radius 3 is 2.46 bits per heavy atom. The largest absolute Gasteiger partial charge is 0.490 e. The van der Waals surface area contributed by atoms with Crippen LogP contribution in [0.25, 0.3) is 10.8 Å². The summed E-state index contributed by atoms with van der Waals surface area (Å²) in [6, 6.07) is 13.3. The van der Waals surface area contributed by atoms with E-state index in [9.17, 15) is 13.6 Å². The molecule has 0 N–H and O–H groups in total. The number of hydrogen-bond acceptors (Lipinski definition) is 3. The van der Waals surface area contributed by atoms with E-state index in [1.165, 1.54) is 24.3 Å². The van der Waals surface area contributed by atoms with Crippen molar-refractivity contribution in [3.05, 3.63) is 83.9 Å². The molecule has 3 aromatic rings. The van der Waals surface area contributed by atoms with Crippen molar-refractivity contribution in [1.29, 1.82) is 0 Å². The minimum atomic E-state index is -0.922. The second-order valence-electron chi connectivity index (χ2n) is 5.54. The van der Waals surface area contributed by atoms with Crippen LogP contribution in [-0.4, -0.2) is 12.6 Å². The zero-order valence-corrected chi connectivity index (χ0v) is 14.0. The number of ether oxygens (including phenoxy) is 2. The first-order chi connectivity index (χ1) is 12.6. The zero-order valence-electron chi connectivity index (χ0n) is 14.0. The molecule has 0 saturated heterocycles. The van der Waals surface area contributed by atoms with Gasteiger partial charge in [0.05, 0.1) is 5.56 Å². The van der Waals surface area contributed by atoms with E-state index in [1.807, 2.05) is 19.1 Å². The molecule has 0 fully saturated rings. The van der Waals surface area contributed by atoms with Crippen LogP contribution in [0.5, 0.6) is 11.5 Å². The molecule has 3 nitrogen and oxygen atoms in total. The number of carbonyl (C=O) groups is 1. The van der Waals surface area contributed by atoms with Crippen molar-refractivity contribution in [3.8, 4) is 11.5 Å². The second kappa shape index (κ2) is 7.78. The normalized spacial score (nSPS) is 11.0. The number of halogens is 2. The summed E-state index contributed by atoms with van der Waals surface area (Å²) in [4.78, 5) is 12.2. The Morgan fingerprint density at radius 1 is 1.00 bits per heavy atom. The molecule has 0 heterocycles. The van der Waals surface area contributed by atoms with Crippen molar-refractivity contribution in [1.82, 2.24) is 0 Å². The fourth-order valence-corrected chi connectivity index (χ4v) is 2.40. The molecule has 3 aromatic carbocycles. The summed E-state index contributed by atoms with van der Waals surface area (Å²) in [6.07, 6.45) is 3.76. The maximum Gasteiger partial charge on any atom is 0.343 e. The third-order valence-electron chi connectivity index (χ3n) is 3.76. The molecule has 5 heteroatoms. The smallest absolute Gasteiger partial charge is 0.343 e. The van der Waals surface area contributed by atoms with Crippen LogP contribution in [-0.2, 0) is 0 Å². The van der Waals surface area contributed by atoms with Gasteiger partial charge in [-0.05, 0) is 60.8 Å². The number of benzene rings is 3. The third kappa shape index (κ3) is 3.88. The Hall–Kier alpha value is -3.21. The van der Waals surface area contributed by atoms with Gasteiger partial charge in [-0.3, -0.25) is 0 Å². The number of rotatable bonds is 5. The molecule has 3 rings (SSSR count). The Balaban J connectivity index is 1.73. The van der Waals surface area contributed by atoms with E-state index in [4.69, 9.17) is 9.47 Å². The first-order valence-corrected chi connectivity index (χ1v) is 8.02. The predicted octanol–water partition coefficient (Wildman–Crippen LogP) is 5.29. The van der Waals surface area contributed by atoms with Crippen molar-refractivity contribution < 1.29 is 23.0 Å². The minimum absolute atomic E-state index is 0.132. The van der Waals surface area contributed by atoms with E-state index in [2.05, 4.69) is 0 Å². The summed E-state index contributed by atoms with van der Waals surface area (Å²) in [5, 5.41) is 0.578. The van der Waals surface area contributed by atoms with Crippen LogP contribution in [0.2, 0.25) is 0 Å². The van der Waals surface area contributed by atoms with Gasteiger partial charge in [-0.1, -0.05) is 18.2 Å². The Kier molecular flexibility index (Phi) is 5.27. The molecule has 0 atom stereocenters. The van der Waals surface area contributed by atoms with Crippen LogP contribution in [0.3, 0.4) is 0 Å². The Morgan fingerprint density at radius 2 is 1.73 bits per heavy atom. The van der Waals surface area contributed by atoms with Crippen LogP contribution >= 0.6 is 0 Å². The van der Waals surface area contributed by atoms with Crippen LogP contribution in [0.1, 0.15) is 17.3 Å². The number of hydrogen-bond donors (Lipinski definition) is 0. The van der Waals surface area contributed by atoms with Crippen molar-refractivity contribution in [2.45, 2.75) is 6.92 Å². The predicted molar refractivity (Wildman–Crippen MR) is 95.6 cm³/mol. The van der Waals surface area contributed by atoms with Gasteiger partial charge >= 0.3 is 5.97 Å². The van der Waals surface area contributed by atoms with Crippen molar-refractivity contribution in [3.63, 3.8) is 0 Å². The summed E-state index contributed by atoms with van der Waals surface area (Å²) in [6.45, 7) is 2.36. The molecular formula is C21H16F2O3. The lowest BCUT2D eigenvalue weighted by atomic mass is 10.1. The van der Waals surface area contributed by atoms with Gasteiger partial charge in [0.15, 0.2) is 11.6 Å². The van der Waals surface area contributed by atoms with E-state index in [1.54, 1.807) is 24.3 Å². The molecular weight excluding hydrogens is 338 g/mol. The molecule has 0 aliphatic carbocycles. The van der Waals surface area contributed by atoms with Crippen molar-refractivity contribution in [2.24, 2.45) is 0 Å². The standard InChI is InChI=1S/C21H16F2O3/c1-2-3-12-25-16-7-4-14(5-8-16)21(24)26-17-9-10-18-15(13-17)6-11-19(22)20(18)23/h2-11,13H,12H2,1H3. The van der Waals surface area contributed by atoms with E-state index in [0.717, 1.165) is 6.07 Å². The highest BCUT2D eigenvalue weighted by Gasteiger charge is 2.11. The number of allylic oxidation sites excluding steroid dienone is 1. The van der Waals surface area contributed by atoms with Gasteiger partial charge in [0, 0.05) is 5.39 Å². The average molecular weight is 354 g/mol. The average Bonchev–Trinajstić information content (AvgIpc) is 2.65. The quantitative estimate of drug-likeness (QED) is 0.355. The summed E-state index contributed by atoms with van der Waals surface area (Å²) in [7, 11) is 0. The number of esters is 1. The first kappa shape index (κ1) is 17.6. The van der Waals surface area contributed by atoms with E-state index in [0.29, 0.717) is 23.3 Å². The lowest BCUT2D eigenvalue weighted by Gasteiger charge is -2.08. The molecule has 0 aromatic heterocycles. The molecule has 0 amide bonds. The summed E-state index contributed by atoms with van der Waals surface area (Å²) >= 11 is 0. The number of carbonyl (C=O) groups excluding carboxylic acids is 1. The van der Waals surface area contributed by atoms with Gasteiger partial charge in [0.25, 0.3) is 0 Å². The topological polar surface area (TPSA) is 35.5 Å². The molecule has 0 aliphatic heterocycles. The molecule has 0 bridgehead atoms. The first-order valence-electron chi connectivity index (χ1n) is 8.02. The van der Waals surface area contributed by atoms with Crippen LogP contribution in [0.4, 0.5) is 8.78 Å². The summed E-state index contributed by atoms with van der Waals surface area (Å²) in [5.74, 6) is -1.50. The van der Waals surface area contributed by atoms with Gasteiger partial charge < -0.3 is 9.47 Å². The van der Waals surface area contributed by atoms with Crippen molar-refractivity contribution in [2.75, 3.05) is 6.61 Å². The highest BCUT2D eigenvalue weighted by Crippen LogP contribution is 2.25. The van der Waals surface area contributed by atoms with E-state index < -0.39 is 17.6 Å². The maximum absolute atomic E-state index is 13.7. The lowest BCUT2D eigenvalue weighted by molar-refractivity contribution is 0.0735. The van der Waals surface area contributed by atoms with Gasteiger partial charge in [0.1, 0.15) is 18.1 Å². The van der Waals surface area contributed by atoms with Crippen molar-refractivity contribution >= 4 is 16.7 Å². The maximum atomic E-state index is 13.7. The second-order valence-corrected chi connectivity index (χ2v) is 5.54. The summed E-state index contributed by atoms with van der Waals surface area (Å²) in [5.41, 5.74) is 0.355. The molecule has 132 valence electrons. The van der Waals surface area contributed by atoms with Gasteiger partial charge in [-0.15, -0.1) is 0 Å². The summed E-state index contributed by atoms with van der Waals surface area (Å²) < 4.78 is 37.7. The highest BCUT2D eigenvalue weighted by molar-refractivity contribution is 5.92. The molecule has 26 heavy (non-hydrogen) atoms. The number of fused-ring (bicyclic) bond motifs is 1. The van der Waals surface area contributed by atoms with E-state index in [-0.39, 0.29) is 11.1 Å². The minimum Gasteiger partial charge on any atom is -0.490 e. The molecule has 0 aliphatic rings. The fraction of sp³-hybridized carbons (Fsp3) is 0.0952. The van der Waals surface area contributed by atoms with Crippen LogP contribution in [0, 0.1) is 11.6 Å². The van der Waals surface area contributed by atoms with Gasteiger partial charge in [-0.25, -0.2) is 13.6 Å². The Bertz CT molecular complexity index is 963. The van der Waals surface area contributed by atoms with E-state index >= 15 is 0 Å². The molecule has 0 unspecified atom stereocenters. The SMILES string of the molecule is CC=CCOc1ccc(C(=O)Oc2ccc3c(F)c(F)ccc3c2)cc1.